The molecule has 0 amide bonds. The second kappa shape index (κ2) is 3.83. The molecule has 1 fully saturated rings. The molecule has 1 heterocycles. The number of hydrogen-bond acceptors (Lipinski definition) is 5. The third-order valence-corrected chi connectivity index (χ3v) is 3.07. The Morgan fingerprint density at radius 2 is 1.82 bits per heavy atom. The van der Waals surface area contributed by atoms with Gasteiger partial charge in [-0.1, -0.05) is 0 Å². The van der Waals surface area contributed by atoms with Crippen LogP contribution in [-0.2, 0) is 10.1 Å². The first-order valence-electron chi connectivity index (χ1n) is 4.63. The number of hydrogen-bond donors (Lipinski definition) is 0. The monoisotopic (exact) mass is 268 g/mol. The van der Waals surface area contributed by atoms with Crippen LogP contribution in [0.25, 0.3) is 0 Å². The SMILES string of the molecule is O=S(=O)(Oc1nccnc1C1CC1)C(F)(F)F. The zero-order valence-corrected chi connectivity index (χ0v) is 9.12. The van der Waals surface area contributed by atoms with Crippen LogP contribution in [0.1, 0.15) is 24.5 Å². The van der Waals surface area contributed by atoms with Gasteiger partial charge in [0, 0.05) is 18.3 Å². The normalized spacial score (nSPS) is 16.9. The molecule has 0 radical (unpaired) electrons. The Kier molecular flexibility index (Phi) is 2.72. The molecule has 0 saturated heterocycles. The van der Waals surface area contributed by atoms with Crippen molar-refractivity contribution in [2.45, 2.75) is 24.3 Å². The van der Waals surface area contributed by atoms with Crippen molar-refractivity contribution in [2.75, 3.05) is 0 Å². The standard InChI is InChI=1S/C8H7F3N2O3S/c9-8(10,11)17(14,15)16-7-6(5-1-2-5)12-3-4-13-7/h3-5H,1-2H2. The van der Waals surface area contributed by atoms with Crippen LogP contribution in [0.5, 0.6) is 5.88 Å². The Morgan fingerprint density at radius 3 is 2.35 bits per heavy atom. The van der Waals surface area contributed by atoms with Gasteiger partial charge in [-0.3, -0.25) is 4.98 Å². The minimum Gasteiger partial charge on any atom is -0.353 e. The van der Waals surface area contributed by atoms with Crippen LogP contribution in [0.4, 0.5) is 13.2 Å². The summed E-state index contributed by atoms with van der Waals surface area (Å²) in [6.07, 6.45) is 3.83. The summed E-state index contributed by atoms with van der Waals surface area (Å²) < 4.78 is 61.9. The van der Waals surface area contributed by atoms with Gasteiger partial charge in [0.2, 0.25) is 0 Å². The van der Waals surface area contributed by atoms with E-state index in [2.05, 4.69) is 14.2 Å². The van der Waals surface area contributed by atoms with Crippen LogP contribution in [0.2, 0.25) is 0 Å². The van der Waals surface area contributed by atoms with E-state index in [1.807, 2.05) is 0 Å². The largest absolute Gasteiger partial charge is 0.534 e. The zero-order chi connectivity index (χ0) is 12.7. The number of nitrogens with zero attached hydrogens (tertiary/aromatic N) is 2. The van der Waals surface area contributed by atoms with Crippen molar-refractivity contribution in [3.8, 4) is 5.88 Å². The van der Waals surface area contributed by atoms with Crippen LogP contribution >= 0.6 is 0 Å². The number of alkyl halides is 3. The highest BCUT2D eigenvalue weighted by Crippen LogP contribution is 2.42. The van der Waals surface area contributed by atoms with Gasteiger partial charge in [0.15, 0.2) is 0 Å². The Balaban J connectivity index is 2.31. The second-order valence-electron chi connectivity index (χ2n) is 3.50. The lowest BCUT2D eigenvalue weighted by atomic mass is 10.3. The highest BCUT2D eigenvalue weighted by molar-refractivity contribution is 7.87. The van der Waals surface area contributed by atoms with Crippen molar-refractivity contribution in [2.24, 2.45) is 0 Å². The summed E-state index contributed by atoms with van der Waals surface area (Å²) >= 11 is 0. The fraction of sp³-hybridized carbons (Fsp3) is 0.500. The Morgan fingerprint density at radius 1 is 1.24 bits per heavy atom. The molecule has 94 valence electrons. The third-order valence-electron chi connectivity index (χ3n) is 2.13. The molecule has 5 nitrogen and oxygen atoms in total. The van der Waals surface area contributed by atoms with Gasteiger partial charge in [-0.15, -0.1) is 0 Å². The van der Waals surface area contributed by atoms with Crippen molar-refractivity contribution >= 4 is 10.1 Å². The van der Waals surface area contributed by atoms with Gasteiger partial charge in [-0.25, -0.2) is 4.98 Å². The van der Waals surface area contributed by atoms with Gasteiger partial charge in [-0.2, -0.15) is 21.6 Å². The summed E-state index contributed by atoms with van der Waals surface area (Å²) in [6, 6.07) is 0. The van der Waals surface area contributed by atoms with Crippen LogP contribution in [0, 0.1) is 0 Å². The van der Waals surface area contributed by atoms with Crippen LogP contribution in [0.15, 0.2) is 12.4 Å². The first kappa shape index (κ1) is 12.1. The molecule has 0 unspecified atom stereocenters. The van der Waals surface area contributed by atoms with Crippen LogP contribution in [0.3, 0.4) is 0 Å². The highest BCUT2D eigenvalue weighted by atomic mass is 32.2. The molecule has 0 aliphatic heterocycles. The minimum absolute atomic E-state index is 0.0675. The van der Waals surface area contributed by atoms with Gasteiger partial charge >= 0.3 is 15.6 Å². The molecule has 2 rings (SSSR count). The number of halogens is 3. The lowest BCUT2D eigenvalue weighted by Gasteiger charge is -2.10. The van der Waals surface area contributed by atoms with Crippen molar-refractivity contribution < 1.29 is 25.8 Å². The molecular formula is C8H7F3N2O3S. The first-order chi connectivity index (χ1) is 7.81. The Bertz CT molecular complexity index is 525. The van der Waals surface area contributed by atoms with Crippen molar-refractivity contribution in [1.29, 1.82) is 0 Å². The van der Waals surface area contributed by atoms with E-state index in [1.54, 1.807) is 0 Å². The van der Waals surface area contributed by atoms with Crippen molar-refractivity contribution in [3.05, 3.63) is 18.1 Å². The van der Waals surface area contributed by atoms with E-state index < -0.39 is 21.5 Å². The maximum absolute atomic E-state index is 12.1. The molecule has 0 N–H and O–H groups in total. The maximum atomic E-state index is 12.1. The zero-order valence-electron chi connectivity index (χ0n) is 8.31. The van der Waals surface area contributed by atoms with Crippen molar-refractivity contribution in [1.82, 2.24) is 9.97 Å². The van der Waals surface area contributed by atoms with E-state index in [9.17, 15) is 21.6 Å². The number of rotatable bonds is 3. The van der Waals surface area contributed by atoms with E-state index in [4.69, 9.17) is 0 Å². The minimum atomic E-state index is -5.68. The molecule has 17 heavy (non-hydrogen) atoms. The predicted octanol–water partition coefficient (Wildman–Crippen LogP) is 1.58. The molecule has 1 aromatic rings. The summed E-state index contributed by atoms with van der Waals surface area (Å²) in [5.41, 5.74) is -5.31. The summed E-state index contributed by atoms with van der Waals surface area (Å²) in [7, 11) is -5.68. The summed E-state index contributed by atoms with van der Waals surface area (Å²) in [5, 5.41) is 0. The van der Waals surface area contributed by atoms with Gasteiger partial charge in [-0.05, 0) is 12.8 Å². The van der Waals surface area contributed by atoms with Crippen molar-refractivity contribution in [3.63, 3.8) is 0 Å². The average Bonchev–Trinajstić information content (AvgIpc) is 2.99. The van der Waals surface area contributed by atoms with E-state index >= 15 is 0 Å². The summed E-state index contributed by atoms with van der Waals surface area (Å²) in [4.78, 5) is 7.26. The third kappa shape index (κ3) is 2.48. The molecular weight excluding hydrogens is 261 g/mol. The van der Waals surface area contributed by atoms with Gasteiger partial charge < -0.3 is 4.18 Å². The Hall–Kier alpha value is -1.38. The molecule has 1 aliphatic rings. The second-order valence-corrected chi connectivity index (χ2v) is 5.04. The van der Waals surface area contributed by atoms with Crippen LogP contribution in [-0.4, -0.2) is 23.9 Å². The Labute approximate surface area is 94.8 Å². The molecule has 1 aromatic heterocycles. The van der Waals surface area contributed by atoms with Gasteiger partial charge in [0.05, 0.1) is 0 Å². The maximum Gasteiger partial charge on any atom is 0.534 e. The highest BCUT2D eigenvalue weighted by Gasteiger charge is 2.49. The first-order valence-corrected chi connectivity index (χ1v) is 6.04. The molecule has 0 atom stereocenters. The number of aromatic nitrogens is 2. The molecule has 9 heteroatoms. The van der Waals surface area contributed by atoms with E-state index in [-0.39, 0.29) is 11.6 Å². The smallest absolute Gasteiger partial charge is 0.353 e. The van der Waals surface area contributed by atoms with Gasteiger partial charge in [0.25, 0.3) is 5.88 Å². The van der Waals surface area contributed by atoms with Gasteiger partial charge in [0.1, 0.15) is 5.69 Å². The van der Waals surface area contributed by atoms with E-state index in [1.165, 1.54) is 6.20 Å². The predicted molar refractivity (Wildman–Crippen MR) is 49.6 cm³/mol. The topological polar surface area (TPSA) is 69.2 Å². The lowest BCUT2D eigenvalue weighted by molar-refractivity contribution is -0.0501. The van der Waals surface area contributed by atoms with E-state index in [0.29, 0.717) is 0 Å². The quantitative estimate of drug-likeness (QED) is 0.615. The molecule has 1 saturated carbocycles. The molecule has 0 aromatic carbocycles. The fourth-order valence-electron chi connectivity index (χ4n) is 1.19. The molecule has 0 bridgehead atoms. The average molecular weight is 268 g/mol. The lowest BCUT2D eigenvalue weighted by Crippen LogP contribution is -2.28. The summed E-state index contributed by atoms with van der Waals surface area (Å²) in [6.45, 7) is 0. The molecule has 1 aliphatic carbocycles. The van der Waals surface area contributed by atoms with Crippen LogP contribution < -0.4 is 4.18 Å². The summed E-state index contributed by atoms with van der Waals surface area (Å²) in [5.74, 6) is -0.658. The fourth-order valence-corrected chi connectivity index (χ4v) is 1.62. The molecule has 0 spiro atoms. The van der Waals surface area contributed by atoms with E-state index in [0.717, 1.165) is 19.0 Å².